The van der Waals surface area contributed by atoms with Crippen LogP contribution >= 0.6 is 0 Å². The maximum atomic E-state index is 9.41. The fourth-order valence-corrected chi connectivity index (χ4v) is 7.39. The summed E-state index contributed by atoms with van der Waals surface area (Å²) in [6.45, 7) is 2.12. The lowest BCUT2D eigenvalue weighted by atomic mass is 10.1. The van der Waals surface area contributed by atoms with Crippen LogP contribution in [0.5, 0.6) is 0 Å². The second-order valence-corrected chi connectivity index (χ2v) is 13.0. The van der Waals surface area contributed by atoms with Crippen molar-refractivity contribution in [1.82, 2.24) is 24.1 Å². The van der Waals surface area contributed by atoms with Gasteiger partial charge in [-0.1, -0.05) is 110 Å². The van der Waals surface area contributed by atoms with Crippen LogP contribution in [-0.4, -0.2) is 24.1 Å². The van der Waals surface area contributed by atoms with E-state index in [1.54, 1.807) is 0 Å². The fraction of sp³-hybridized carbons (Fsp3) is 0.0417. The van der Waals surface area contributed by atoms with E-state index in [0.29, 0.717) is 17.1 Å². The van der Waals surface area contributed by atoms with Gasteiger partial charge < -0.3 is 4.57 Å². The summed E-state index contributed by atoms with van der Waals surface area (Å²) >= 11 is 0. The normalized spacial score (nSPS) is 11.9. The molecule has 54 heavy (non-hydrogen) atoms. The van der Waals surface area contributed by atoms with E-state index in [2.05, 4.69) is 101 Å². The third-order valence-electron chi connectivity index (χ3n) is 9.78. The molecule has 6 nitrogen and oxygen atoms in total. The molecule has 0 amide bonds. The highest BCUT2D eigenvalue weighted by atomic mass is 15.1. The number of para-hydroxylation sites is 2. The summed E-state index contributed by atoms with van der Waals surface area (Å²) in [5.74, 6) is 4.03. The van der Waals surface area contributed by atoms with Crippen LogP contribution in [0.1, 0.15) is 18.9 Å². The number of benzene rings is 5. The van der Waals surface area contributed by atoms with Crippen molar-refractivity contribution in [3.8, 4) is 58.3 Å². The first-order chi connectivity index (χ1) is 26.7. The van der Waals surface area contributed by atoms with E-state index in [9.17, 15) is 5.26 Å². The van der Waals surface area contributed by atoms with Crippen LogP contribution in [0.15, 0.2) is 158 Å². The molecule has 9 rings (SSSR count). The summed E-state index contributed by atoms with van der Waals surface area (Å²) in [4.78, 5) is 15.4. The average Bonchev–Trinajstić information content (AvgIpc) is 3.75. The van der Waals surface area contributed by atoms with Crippen molar-refractivity contribution in [3.05, 3.63) is 163 Å². The van der Waals surface area contributed by atoms with Gasteiger partial charge in [-0.05, 0) is 61.0 Å². The molecule has 5 aromatic carbocycles. The molecule has 0 aliphatic rings. The van der Waals surface area contributed by atoms with Gasteiger partial charge in [0.1, 0.15) is 11.5 Å². The number of fused-ring (bicyclic) bond motifs is 7. The zero-order valence-corrected chi connectivity index (χ0v) is 29.5. The van der Waals surface area contributed by atoms with E-state index >= 15 is 0 Å². The number of nitriles is 1. The van der Waals surface area contributed by atoms with Crippen molar-refractivity contribution in [2.24, 2.45) is 0 Å². The molecule has 0 bridgehead atoms. The highest BCUT2D eigenvalue weighted by Crippen LogP contribution is 2.42. The van der Waals surface area contributed by atoms with Crippen LogP contribution < -0.4 is 0 Å². The number of terminal acetylenes is 1. The molecule has 0 aliphatic carbocycles. The Bertz CT molecular complexity index is 3040. The maximum absolute atomic E-state index is 9.41. The molecule has 0 saturated carbocycles. The van der Waals surface area contributed by atoms with Gasteiger partial charge in [0.25, 0.3) is 0 Å². The molecule has 6 heteroatoms. The van der Waals surface area contributed by atoms with E-state index in [0.717, 1.165) is 84.1 Å². The highest BCUT2D eigenvalue weighted by molar-refractivity contribution is 6.26. The van der Waals surface area contributed by atoms with Crippen molar-refractivity contribution in [2.75, 3.05) is 0 Å². The molecule has 0 radical (unpaired) electrons. The number of allylic oxidation sites excluding steroid dienone is 4. The van der Waals surface area contributed by atoms with Crippen LogP contribution in [0, 0.1) is 23.7 Å². The fourth-order valence-electron chi connectivity index (χ4n) is 7.39. The maximum Gasteiger partial charge on any atom is 0.179 e. The molecule has 0 aliphatic heterocycles. The van der Waals surface area contributed by atoms with Gasteiger partial charge in [0.05, 0.1) is 50.8 Å². The molecule has 0 fully saturated rings. The van der Waals surface area contributed by atoms with Crippen LogP contribution in [-0.2, 0) is 0 Å². The third kappa shape index (κ3) is 5.42. The van der Waals surface area contributed by atoms with E-state index < -0.39 is 0 Å². The largest absolute Gasteiger partial charge is 0.309 e. The molecule has 4 heterocycles. The molecule has 4 aromatic heterocycles. The van der Waals surface area contributed by atoms with Crippen LogP contribution in [0.2, 0.25) is 0 Å². The minimum atomic E-state index is 0.506. The average molecular weight is 693 g/mol. The van der Waals surface area contributed by atoms with Crippen molar-refractivity contribution >= 4 is 49.3 Å². The summed E-state index contributed by atoms with van der Waals surface area (Å²) in [5.41, 5.74) is 9.79. The first kappa shape index (κ1) is 32.4. The lowest BCUT2D eigenvalue weighted by Crippen LogP contribution is -2.02. The van der Waals surface area contributed by atoms with Crippen molar-refractivity contribution < 1.29 is 0 Å². The number of nitrogens with zero attached hydrogens (tertiary/aromatic N) is 6. The molecule has 0 atom stereocenters. The summed E-state index contributed by atoms with van der Waals surface area (Å²) in [5, 5.41) is 13.9. The molecular formula is C48H32N6. The number of pyridine rings is 1. The van der Waals surface area contributed by atoms with Gasteiger partial charge >= 0.3 is 0 Å². The predicted octanol–water partition coefficient (Wildman–Crippen LogP) is 11.4. The Kier molecular flexibility index (Phi) is 8.12. The van der Waals surface area contributed by atoms with Gasteiger partial charge in [0.15, 0.2) is 5.82 Å². The van der Waals surface area contributed by atoms with Gasteiger partial charge in [-0.15, -0.1) is 6.42 Å². The van der Waals surface area contributed by atoms with Gasteiger partial charge in [0.2, 0.25) is 0 Å². The molecule has 0 spiro atoms. The van der Waals surface area contributed by atoms with Crippen LogP contribution in [0.4, 0.5) is 0 Å². The van der Waals surface area contributed by atoms with Gasteiger partial charge in [-0.25, -0.2) is 15.0 Å². The first-order valence-electron chi connectivity index (χ1n) is 17.9. The third-order valence-corrected chi connectivity index (χ3v) is 9.78. The van der Waals surface area contributed by atoms with E-state index in [1.165, 1.54) is 0 Å². The lowest BCUT2D eigenvalue weighted by molar-refractivity contribution is 1.06. The predicted molar refractivity (Wildman–Crippen MR) is 221 cm³/mol. The SMILES string of the molecule is C#C/C=C(\C=C/CC)n1c2ccccc2c2c1ccc1c3ccccc3n(-c3cccc(-c4nc(-c5ccccc5)cc(-c5ccc(C#N)cc5)n4)n3)c12. The van der Waals surface area contributed by atoms with Crippen molar-refractivity contribution in [2.45, 2.75) is 13.3 Å². The van der Waals surface area contributed by atoms with E-state index in [-0.39, 0.29) is 0 Å². The van der Waals surface area contributed by atoms with Gasteiger partial charge in [-0.2, -0.15) is 5.26 Å². The Balaban J connectivity index is 1.31. The number of hydrogen-bond acceptors (Lipinski definition) is 4. The molecular weight excluding hydrogens is 661 g/mol. The molecule has 9 aromatic rings. The van der Waals surface area contributed by atoms with Crippen LogP contribution in [0.3, 0.4) is 0 Å². The second kappa shape index (κ2) is 13.5. The summed E-state index contributed by atoms with van der Waals surface area (Å²) < 4.78 is 4.53. The summed E-state index contributed by atoms with van der Waals surface area (Å²) in [7, 11) is 0. The topological polar surface area (TPSA) is 72.3 Å². The highest BCUT2D eigenvalue weighted by Gasteiger charge is 2.22. The zero-order valence-electron chi connectivity index (χ0n) is 29.5. The minimum absolute atomic E-state index is 0.506. The Morgan fingerprint density at radius 3 is 2.11 bits per heavy atom. The number of hydrogen-bond donors (Lipinski definition) is 0. The standard InChI is InChI=1S/C48H32N6/c1-3-5-17-35(14-4-2)53-43-22-12-10-19-38(43)46-44(53)29-28-37-36-18-9-11-21-42(36)54(47(37)46)45-23-13-20-39(50-45)48-51-40(33-15-7-6-8-16-33)30-41(52-48)34-26-24-32(31-49)25-27-34/h2,5-30H,3H2,1H3/b17-5-,35-14+. The van der Waals surface area contributed by atoms with Crippen molar-refractivity contribution in [3.63, 3.8) is 0 Å². The zero-order chi connectivity index (χ0) is 36.6. The molecule has 0 unspecified atom stereocenters. The molecule has 0 saturated heterocycles. The van der Waals surface area contributed by atoms with Crippen LogP contribution in [0.25, 0.3) is 89.2 Å². The van der Waals surface area contributed by atoms with E-state index in [1.807, 2.05) is 84.9 Å². The smallest absolute Gasteiger partial charge is 0.179 e. The van der Waals surface area contributed by atoms with Gasteiger partial charge in [-0.3, -0.25) is 4.57 Å². The Hall–Kier alpha value is -7.54. The molecule has 254 valence electrons. The monoisotopic (exact) mass is 692 g/mol. The Labute approximate surface area is 312 Å². The quantitative estimate of drug-likeness (QED) is 0.123. The second-order valence-electron chi connectivity index (χ2n) is 13.0. The van der Waals surface area contributed by atoms with Crippen molar-refractivity contribution in [1.29, 1.82) is 5.26 Å². The minimum Gasteiger partial charge on any atom is -0.309 e. The van der Waals surface area contributed by atoms with E-state index in [4.69, 9.17) is 21.4 Å². The summed E-state index contributed by atoms with van der Waals surface area (Å²) in [6.07, 6.45) is 12.9. The lowest BCUT2D eigenvalue weighted by Gasteiger charge is -2.12. The first-order valence-corrected chi connectivity index (χ1v) is 17.9. The van der Waals surface area contributed by atoms with Gasteiger partial charge in [0, 0.05) is 38.7 Å². The molecule has 0 N–H and O–H groups in total. The number of rotatable bonds is 7. The Morgan fingerprint density at radius 1 is 0.667 bits per heavy atom. The number of aromatic nitrogens is 5. The summed E-state index contributed by atoms with van der Waals surface area (Å²) in [6, 6.07) is 49.2. The Morgan fingerprint density at radius 2 is 1.37 bits per heavy atom.